The number of hydrogen-bond donors (Lipinski definition) is 4. The number of aliphatic hydroxyl groups is 1. The van der Waals surface area contributed by atoms with Gasteiger partial charge in [-0.25, -0.2) is 0 Å². The third-order valence-corrected chi connectivity index (χ3v) is 3.72. The smallest absolute Gasteiger partial charge is 0.235 e. The van der Waals surface area contributed by atoms with Crippen LogP contribution in [0.15, 0.2) is 0 Å². The van der Waals surface area contributed by atoms with E-state index in [1.807, 2.05) is 0 Å². The summed E-state index contributed by atoms with van der Waals surface area (Å²) < 4.78 is 0. The van der Waals surface area contributed by atoms with E-state index in [-0.39, 0.29) is 0 Å². The lowest BCUT2D eigenvalue weighted by Gasteiger charge is -2.40. The molecule has 1 unspecified atom stereocenters. The first-order valence-corrected chi connectivity index (χ1v) is 6.22. The predicted octanol–water partition coefficient (Wildman–Crippen LogP) is -0.280. The van der Waals surface area contributed by atoms with Crippen molar-refractivity contribution in [1.29, 1.82) is 0 Å². The highest BCUT2D eigenvalue weighted by atomic mass is 16.3. The van der Waals surface area contributed by atoms with E-state index in [0.717, 1.165) is 25.7 Å². The maximum atomic E-state index is 10.7. The van der Waals surface area contributed by atoms with Crippen molar-refractivity contribution < 1.29 is 9.90 Å². The second-order valence-electron chi connectivity index (χ2n) is 6.03. The summed E-state index contributed by atoms with van der Waals surface area (Å²) in [7, 11) is 0. The van der Waals surface area contributed by atoms with Gasteiger partial charge in [-0.05, 0) is 31.1 Å². The van der Waals surface area contributed by atoms with Crippen LogP contribution in [0.4, 0.5) is 0 Å². The fourth-order valence-corrected chi connectivity index (χ4v) is 2.13. The van der Waals surface area contributed by atoms with Crippen molar-refractivity contribution in [2.45, 2.75) is 51.2 Å². The first-order chi connectivity index (χ1) is 7.74. The normalized spacial score (nSPS) is 24.2. The van der Waals surface area contributed by atoms with E-state index in [0.29, 0.717) is 18.5 Å². The minimum Gasteiger partial charge on any atom is -0.389 e. The van der Waals surface area contributed by atoms with E-state index >= 15 is 0 Å². The largest absolute Gasteiger partial charge is 0.389 e. The highest BCUT2D eigenvalue weighted by Gasteiger charge is 2.36. The molecule has 0 bridgehead atoms. The van der Waals surface area contributed by atoms with E-state index in [9.17, 15) is 9.90 Å². The number of hydrogen-bond acceptors (Lipinski definition) is 4. The quantitative estimate of drug-likeness (QED) is 0.533. The van der Waals surface area contributed by atoms with Crippen molar-refractivity contribution in [1.82, 2.24) is 5.32 Å². The molecule has 1 atom stereocenters. The lowest BCUT2D eigenvalue weighted by molar-refractivity contribution is -0.119. The predicted molar refractivity (Wildman–Crippen MR) is 67.2 cm³/mol. The van der Waals surface area contributed by atoms with Crippen LogP contribution < -0.4 is 16.8 Å². The zero-order chi connectivity index (χ0) is 13.1. The Kier molecular flexibility index (Phi) is 4.52. The fourth-order valence-electron chi connectivity index (χ4n) is 2.13. The molecule has 1 rings (SSSR count). The molecular formula is C12H25N3O2. The highest BCUT2D eigenvalue weighted by molar-refractivity contribution is 5.79. The molecule has 0 saturated heterocycles. The number of nitrogens with two attached hydrogens (primary N) is 2. The van der Waals surface area contributed by atoms with Crippen molar-refractivity contribution in [2.75, 3.05) is 13.1 Å². The van der Waals surface area contributed by atoms with Gasteiger partial charge in [-0.2, -0.15) is 0 Å². The lowest BCUT2D eigenvalue weighted by Crippen LogP contribution is -2.50. The maximum Gasteiger partial charge on any atom is 0.235 e. The summed E-state index contributed by atoms with van der Waals surface area (Å²) in [6.07, 6.45) is 3.62. The number of primary amides is 1. The standard InChI is InChI=1S/C12H25N3O2/c1-11(2)3-5-12(17,6-4-11)8-15-7-9(13)10(14)16/h9,15,17H,3-8,13H2,1-2H3,(H2,14,16). The van der Waals surface area contributed by atoms with Crippen LogP contribution in [-0.4, -0.2) is 35.7 Å². The zero-order valence-corrected chi connectivity index (χ0v) is 10.8. The Morgan fingerprint density at radius 2 is 1.88 bits per heavy atom. The van der Waals surface area contributed by atoms with Crippen molar-refractivity contribution >= 4 is 5.91 Å². The molecule has 100 valence electrons. The molecule has 0 radical (unpaired) electrons. The summed E-state index contributed by atoms with van der Waals surface area (Å²) in [5.74, 6) is -0.519. The van der Waals surface area contributed by atoms with Gasteiger partial charge in [0.1, 0.15) is 0 Å². The lowest BCUT2D eigenvalue weighted by atomic mass is 9.71. The van der Waals surface area contributed by atoms with Crippen LogP contribution in [0, 0.1) is 5.41 Å². The van der Waals surface area contributed by atoms with Crippen LogP contribution in [0.1, 0.15) is 39.5 Å². The molecule has 0 aromatic heterocycles. The monoisotopic (exact) mass is 243 g/mol. The maximum absolute atomic E-state index is 10.7. The Hall–Kier alpha value is -0.650. The second-order valence-corrected chi connectivity index (χ2v) is 6.03. The molecule has 1 fully saturated rings. The van der Waals surface area contributed by atoms with Gasteiger partial charge in [0.25, 0.3) is 0 Å². The van der Waals surface area contributed by atoms with Crippen LogP contribution >= 0.6 is 0 Å². The SMILES string of the molecule is CC1(C)CCC(O)(CNCC(N)C(N)=O)CC1. The van der Waals surface area contributed by atoms with Crippen LogP contribution in [0.5, 0.6) is 0 Å². The van der Waals surface area contributed by atoms with Gasteiger partial charge >= 0.3 is 0 Å². The van der Waals surface area contributed by atoms with Crippen molar-refractivity contribution in [3.63, 3.8) is 0 Å². The third-order valence-electron chi connectivity index (χ3n) is 3.72. The Bertz CT molecular complexity index is 269. The van der Waals surface area contributed by atoms with Crippen LogP contribution in [0.25, 0.3) is 0 Å². The van der Waals surface area contributed by atoms with Gasteiger partial charge in [-0.1, -0.05) is 13.8 Å². The Balaban J connectivity index is 2.30. The van der Waals surface area contributed by atoms with E-state index < -0.39 is 17.6 Å². The molecule has 0 heterocycles. The molecule has 1 aliphatic rings. The summed E-state index contributed by atoms with van der Waals surface area (Å²) in [6, 6.07) is -0.682. The molecule has 5 heteroatoms. The Labute approximate surface area is 103 Å². The molecular weight excluding hydrogens is 218 g/mol. The molecule has 6 N–H and O–H groups in total. The summed E-state index contributed by atoms with van der Waals surface area (Å²) in [6.45, 7) is 5.25. The molecule has 1 aliphatic carbocycles. The van der Waals surface area contributed by atoms with Crippen LogP contribution in [0.3, 0.4) is 0 Å². The molecule has 1 amide bonds. The van der Waals surface area contributed by atoms with Gasteiger partial charge in [0.15, 0.2) is 0 Å². The van der Waals surface area contributed by atoms with E-state index in [4.69, 9.17) is 11.5 Å². The van der Waals surface area contributed by atoms with E-state index in [2.05, 4.69) is 19.2 Å². The van der Waals surface area contributed by atoms with Gasteiger partial charge in [-0.3, -0.25) is 4.79 Å². The van der Waals surface area contributed by atoms with Gasteiger partial charge < -0.3 is 21.9 Å². The molecule has 5 nitrogen and oxygen atoms in total. The topological polar surface area (TPSA) is 101 Å². The van der Waals surface area contributed by atoms with Gasteiger partial charge in [0.05, 0.1) is 11.6 Å². The first-order valence-electron chi connectivity index (χ1n) is 6.22. The molecule has 0 aromatic rings. The molecule has 0 aliphatic heterocycles. The molecule has 1 saturated carbocycles. The average molecular weight is 243 g/mol. The number of carbonyl (C=O) groups is 1. The Morgan fingerprint density at radius 1 is 1.35 bits per heavy atom. The van der Waals surface area contributed by atoms with Gasteiger partial charge in [0.2, 0.25) is 5.91 Å². The summed E-state index contributed by atoms with van der Waals surface area (Å²) in [5, 5.41) is 13.4. The van der Waals surface area contributed by atoms with Crippen LogP contribution in [0.2, 0.25) is 0 Å². The summed E-state index contributed by atoms with van der Waals surface area (Å²) >= 11 is 0. The first kappa shape index (κ1) is 14.4. The summed E-state index contributed by atoms with van der Waals surface area (Å²) in [4.78, 5) is 10.7. The zero-order valence-electron chi connectivity index (χ0n) is 10.8. The highest BCUT2D eigenvalue weighted by Crippen LogP contribution is 2.39. The molecule has 0 spiro atoms. The number of amides is 1. The minimum absolute atomic E-state index is 0.320. The average Bonchev–Trinajstić information content (AvgIpc) is 2.23. The minimum atomic E-state index is -0.682. The van der Waals surface area contributed by atoms with Gasteiger partial charge in [0, 0.05) is 13.1 Å². The van der Waals surface area contributed by atoms with Crippen molar-refractivity contribution in [3.05, 3.63) is 0 Å². The van der Waals surface area contributed by atoms with Crippen molar-refractivity contribution in [3.8, 4) is 0 Å². The van der Waals surface area contributed by atoms with E-state index in [1.165, 1.54) is 0 Å². The third kappa shape index (κ3) is 4.61. The van der Waals surface area contributed by atoms with Gasteiger partial charge in [-0.15, -0.1) is 0 Å². The number of carbonyl (C=O) groups excluding carboxylic acids is 1. The second kappa shape index (κ2) is 5.33. The fraction of sp³-hybridized carbons (Fsp3) is 0.917. The Morgan fingerprint density at radius 3 is 2.35 bits per heavy atom. The number of nitrogens with one attached hydrogen (secondary N) is 1. The van der Waals surface area contributed by atoms with Crippen molar-refractivity contribution in [2.24, 2.45) is 16.9 Å². The van der Waals surface area contributed by atoms with E-state index in [1.54, 1.807) is 0 Å². The molecule has 0 aromatic carbocycles. The molecule has 17 heavy (non-hydrogen) atoms. The number of rotatable bonds is 5. The summed E-state index contributed by atoms with van der Waals surface area (Å²) in [5.41, 5.74) is 10.2. The van der Waals surface area contributed by atoms with Crippen LogP contribution in [-0.2, 0) is 4.79 Å².